The topological polar surface area (TPSA) is 12.9 Å². The van der Waals surface area contributed by atoms with Crippen LogP contribution in [0, 0.1) is 0 Å². The van der Waals surface area contributed by atoms with Crippen LogP contribution in [0.5, 0.6) is 0 Å². The highest BCUT2D eigenvalue weighted by Crippen LogP contribution is 2.07. The number of pyridine rings is 1. The standard InChI is InChI=1S/C15H15NS/c17-15(12-14-4-2-1-3-5-14)7-6-13-8-10-16-11-9-13/h1-5,8-11H,6-7,12H2. The molecule has 0 bridgehead atoms. The molecule has 2 rings (SSSR count). The van der Waals surface area contributed by atoms with Crippen LogP contribution in [0.1, 0.15) is 17.5 Å². The van der Waals surface area contributed by atoms with E-state index in [4.69, 9.17) is 12.2 Å². The van der Waals surface area contributed by atoms with E-state index in [0.717, 1.165) is 24.1 Å². The third-order valence-electron chi connectivity index (χ3n) is 2.69. The molecule has 0 saturated carbocycles. The van der Waals surface area contributed by atoms with Crippen LogP contribution in [0.4, 0.5) is 0 Å². The fraction of sp³-hybridized carbons (Fsp3) is 0.200. The van der Waals surface area contributed by atoms with Crippen molar-refractivity contribution in [2.75, 3.05) is 0 Å². The predicted octanol–water partition coefficient (Wildman–Crippen LogP) is 3.63. The molecule has 0 atom stereocenters. The van der Waals surface area contributed by atoms with Gasteiger partial charge < -0.3 is 0 Å². The van der Waals surface area contributed by atoms with Crippen LogP contribution < -0.4 is 0 Å². The van der Waals surface area contributed by atoms with E-state index in [2.05, 4.69) is 29.2 Å². The highest BCUT2D eigenvalue weighted by Gasteiger charge is 2.00. The molecule has 0 unspecified atom stereocenters. The Bertz CT molecular complexity index is 465. The summed E-state index contributed by atoms with van der Waals surface area (Å²) in [5.74, 6) is 0. The normalized spacial score (nSPS) is 10.1. The van der Waals surface area contributed by atoms with Gasteiger partial charge in [-0.25, -0.2) is 0 Å². The van der Waals surface area contributed by atoms with E-state index in [-0.39, 0.29) is 0 Å². The second-order valence-electron chi connectivity index (χ2n) is 4.06. The van der Waals surface area contributed by atoms with Gasteiger partial charge in [0.2, 0.25) is 0 Å². The molecule has 0 spiro atoms. The van der Waals surface area contributed by atoms with Gasteiger partial charge >= 0.3 is 0 Å². The van der Waals surface area contributed by atoms with Gasteiger partial charge in [-0.05, 0) is 41.0 Å². The lowest BCUT2D eigenvalue weighted by Gasteiger charge is -2.04. The van der Waals surface area contributed by atoms with Gasteiger partial charge in [0, 0.05) is 18.8 Å². The maximum absolute atomic E-state index is 5.42. The summed E-state index contributed by atoms with van der Waals surface area (Å²) >= 11 is 5.42. The van der Waals surface area contributed by atoms with Crippen LogP contribution in [0.3, 0.4) is 0 Å². The molecule has 2 aromatic rings. The summed E-state index contributed by atoms with van der Waals surface area (Å²) in [6.07, 6.45) is 6.54. The van der Waals surface area contributed by atoms with E-state index >= 15 is 0 Å². The smallest absolute Gasteiger partial charge is 0.0270 e. The van der Waals surface area contributed by atoms with Crippen LogP contribution >= 0.6 is 12.2 Å². The summed E-state index contributed by atoms with van der Waals surface area (Å²) in [5, 5.41) is 0. The Balaban J connectivity index is 1.83. The average Bonchev–Trinajstić information content (AvgIpc) is 2.39. The van der Waals surface area contributed by atoms with Crippen LogP contribution in [-0.4, -0.2) is 9.85 Å². The fourth-order valence-corrected chi connectivity index (χ4v) is 2.01. The van der Waals surface area contributed by atoms with Gasteiger partial charge in [0.15, 0.2) is 0 Å². The Morgan fingerprint density at radius 3 is 2.35 bits per heavy atom. The van der Waals surface area contributed by atoms with Gasteiger partial charge in [0.25, 0.3) is 0 Å². The monoisotopic (exact) mass is 241 g/mol. The number of hydrogen-bond acceptors (Lipinski definition) is 2. The molecule has 1 nitrogen and oxygen atoms in total. The number of aryl methyl sites for hydroxylation is 1. The first-order valence-corrected chi connectivity index (χ1v) is 6.20. The largest absolute Gasteiger partial charge is 0.265 e. The highest BCUT2D eigenvalue weighted by atomic mass is 32.1. The first-order chi connectivity index (χ1) is 8.34. The van der Waals surface area contributed by atoms with E-state index in [1.54, 1.807) is 0 Å². The Labute approximate surface area is 108 Å². The Morgan fingerprint density at radius 1 is 0.941 bits per heavy atom. The summed E-state index contributed by atoms with van der Waals surface area (Å²) in [6.45, 7) is 0. The van der Waals surface area contributed by atoms with Crippen molar-refractivity contribution in [1.82, 2.24) is 4.98 Å². The fourth-order valence-electron chi connectivity index (χ4n) is 1.75. The number of benzene rings is 1. The molecule has 2 heteroatoms. The quantitative estimate of drug-likeness (QED) is 0.741. The third kappa shape index (κ3) is 4.08. The Hall–Kier alpha value is -1.54. The van der Waals surface area contributed by atoms with Gasteiger partial charge in [0.1, 0.15) is 0 Å². The lowest BCUT2D eigenvalue weighted by molar-refractivity contribution is 1.02. The third-order valence-corrected chi connectivity index (χ3v) is 3.03. The van der Waals surface area contributed by atoms with Crippen molar-refractivity contribution in [2.24, 2.45) is 0 Å². The van der Waals surface area contributed by atoms with Gasteiger partial charge in [-0.1, -0.05) is 42.5 Å². The molecule has 17 heavy (non-hydrogen) atoms. The van der Waals surface area contributed by atoms with E-state index in [0.29, 0.717) is 0 Å². The molecule has 0 radical (unpaired) electrons. The lowest BCUT2D eigenvalue weighted by atomic mass is 10.0. The van der Waals surface area contributed by atoms with Crippen LogP contribution in [0.2, 0.25) is 0 Å². The highest BCUT2D eigenvalue weighted by molar-refractivity contribution is 7.80. The van der Waals surface area contributed by atoms with Crippen molar-refractivity contribution in [3.05, 3.63) is 66.0 Å². The van der Waals surface area contributed by atoms with Gasteiger partial charge in [-0.2, -0.15) is 0 Å². The molecule has 0 amide bonds. The molecule has 0 saturated heterocycles. The summed E-state index contributed by atoms with van der Waals surface area (Å²) in [4.78, 5) is 5.13. The molecule has 1 aromatic carbocycles. The number of rotatable bonds is 5. The van der Waals surface area contributed by atoms with Gasteiger partial charge in [-0.3, -0.25) is 4.98 Å². The van der Waals surface area contributed by atoms with Gasteiger partial charge in [0.05, 0.1) is 0 Å². The lowest BCUT2D eigenvalue weighted by Crippen LogP contribution is -2.01. The summed E-state index contributed by atoms with van der Waals surface area (Å²) < 4.78 is 0. The number of hydrogen-bond donors (Lipinski definition) is 0. The van der Waals surface area contributed by atoms with Crippen LogP contribution in [0.25, 0.3) is 0 Å². The maximum Gasteiger partial charge on any atom is 0.0270 e. The zero-order valence-corrected chi connectivity index (χ0v) is 10.5. The molecule has 1 aromatic heterocycles. The molecular formula is C15H15NS. The minimum absolute atomic E-state index is 0.904. The second-order valence-corrected chi connectivity index (χ2v) is 4.63. The first-order valence-electron chi connectivity index (χ1n) is 5.79. The molecular weight excluding hydrogens is 226 g/mol. The molecule has 86 valence electrons. The summed E-state index contributed by atoms with van der Waals surface area (Å²) in [7, 11) is 0. The van der Waals surface area contributed by atoms with Crippen LogP contribution in [-0.2, 0) is 12.8 Å². The number of aromatic nitrogens is 1. The summed E-state index contributed by atoms with van der Waals surface area (Å²) in [5.41, 5.74) is 2.60. The molecule has 0 fully saturated rings. The van der Waals surface area contributed by atoms with Crippen molar-refractivity contribution in [3.8, 4) is 0 Å². The Morgan fingerprint density at radius 2 is 1.65 bits per heavy atom. The van der Waals surface area contributed by atoms with Crippen molar-refractivity contribution in [3.63, 3.8) is 0 Å². The first kappa shape index (κ1) is 11.9. The Kier molecular flexibility index (Phi) is 4.39. The minimum atomic E-state index is 0.904. The van der Waals surface area contributed by atoms with Crippen molar-refractivity contribution in [1.29, 1.82) is 0 Å². The van der Waals surface area contributed by atoms with E-state index in [1.165, 1.54) is 11.1 Å². The van der Waals surface area contributed by atoms with Gasteiger partial charge in [-0.15, -0.1) is 0 Å². The SMILES string of the molecule is S=C(CCc1ccncc1)Cc1ccccc1. The predicted molar refractivity (Wildman–Crippen MR) is 75.3 cm³/mol. The van der Waals surface area contributed by atoms with Crippen molar-refractivity contribution >= 4 is 17.1 Å². The molecule has 0 aliphatic rings. The number of nitrogens with zero attached hydrogens (tertiary/aromatic N) is 1. The van der Waals surface area contributed by atoms with E-state index in [9.17, 15) is 0 Å². The van der Waals surface area contributed by atoms with Crippen molar-refractivity contribution in [2.45, 2.75) is 19.3 Å². The summed E-state index contributed by atoms with van der Waals surface area (Å²) in [6, 6.07) is 14.5. The van der Waals surface area contributed by atoms with Crippen LogP contribution in [0.15, 0.2) is 54.9 Å². The van der Waals surface area contributed by atoms with Crippen molar-refractivity contribution < 1.29 is 0 Å². The average molecular weight is 241 g/mol. The molecule has 1 heterocycles. The molecule has 0 aliphatic heterocycles. The van der Waals surface area contributed by atoms with E-state index < -0.39 is 0 Å². The van der Waals surface area contributed by atoms with E-state index in [1.807, 2.05) is 30.6 Å². The molecule has 0 aliphatic carbocycles. The number of thiocarbonyl (C=S) groups is 1. The minimum Gasteiger partial charge on any atom is -0.265 e. The zero-order chi connectivity index (χ0) is 11.9. The molecule has 0 N–H and O–H groups in total. The maximum atomic E-state index is 5.42. The zero-order valence-electron chi connectivity index (χ0n) is 9.67. The second kappa shape index (κ2) is 6.26.